The second-order valence-electron chi connectivity index (χ2n) is 5.42. The SMILES string of the molecule is CC1CCCCC1NC(=O)CS(=O)(=O)c1nncn1C. The summed E-state index contributed by atoms with van der Waals surface area (Å²) in [5.41, 5.74) is 0. The minimum Gasteiger partial charge on any atom is -0.352 e. The Hall–Kier alpha value is -1.44. The summed E-state index contributed by atoms with van der Waals surface area (Å²) in [7, 11) is -2.20. The van der Waals surface area contributed by atoms with Crippen molar-refractivity contribution in [2.24, 2.45) is 13.0 Å². The lowest BCUT2D eigenvalue weighted by molar-refractivity contribution is -0.119. The van der Waals surface area contributed by atoms with Gasteiger partial charge in [0.15, 0.2) is 0 Å². The molecule has 1 aromatic rings. The molecule has 2 unspecified atom stereocenters. The zero-order chi connectivity index (χ0) is 14.8. The van der Waals surface area contributed by atoms with Gasteiger partial charge in [0.1, 0.15) is 12.1 Å². The number of hydrogen-bond acceptors (Lipinski definition) is 5. The number of carbonyl (C=O) groups is 1. The van der Waals surface area contributed by atoms with Gasteiger partial charge in [-0.3, -0.25) is 4.79 Å². The summed E-state index contributed by atoms with van der Waals surface area (Å²) in [5.74, 6) is -0.653. The lowest BCUT2D eigenvalue weighted by Crippen LogP contribution is -2.43. The molecule has 1 aliphatic carbocycles. The van der Waals surface area contributed by atoms with Crippen molar-refractivity contribution in [2.75, 3.05) is 5.75 Å². The van der Waals surface area contributed by atoms with Crippen molar-refractivity contribution in [3.8, 4) is 0 Å². The van der Waals surface area contributed by atoms with E-state index in [1.165, 1.54) is 24.4 Å². The topological polar surface area (TPSA) is 93.9 Å². The van der Waals surface area contributed by atoms with Gasteiger partial charge in [-0.2, -0.15) is 0 Å². The Morgan fingerprint density at radius 3 is 2.75 bits per heavy atom. The molecule has 1 saturated carbocycles. The Morgan fingerprint density at radius 2 is 2.15 bits per heavy atom. The van der Waals surface area contributed by atoms with E-state index in [4.69, 9.17) is 0 Å². The van der Waals surface area contributed by atoms with Crippen LogP contribution in [-0.2, 0) is 21.7 Å². The minimum atomic E-state index is -3.74. The van der Waals surface area contributed by atoms with Crippen LogP contribution >= 0.6 is 0 Å². The largest absolute Gasteiger partial charge is 0.352 e. The van der Waals surface area contributed by atoms with E-state index in [-0.39, 0.29) is 11.2 Å². The first kappa shape index (κ1) is 15.0. The molecular formula is C12H20N4O3S. The molecule has 0 spiro atoms. The summed E-state index contributed by atoms with van der Waals surface area (Å²) in [4.78, 5) is 11.9. The van der Waals surface area contributed by atoms with Crippen molar-refractivity contribution in [3.05, 3.63) is 6.33 Å². The van der Waals surface area contributed by atoms with E-state index in [0.717, 1.165) is 19.3 Å². The molecule has 2 rings (SSSR count). The number of nitrogens with one attached hydrogen (secondary N) is 1. The molecule has 7 nitrogen and oxygen atoms in total. The van der Waals surface area contributed by atoms with E-state index >= 15 is 0 Å². The molecule has 1 fully saturated rings. The summed E-state index contributed by atoms with van der Waals surface area (Å²) < 4.78 is 25.4. The summed E-state index contributed by atoms with van der Waals surface area (Å²) in [6.07, 6.45) is 5.53. The average Bonchev–Trinajstić information content (AvgIpc) is 2.78. The van der Waals surface area contributed by atoms with Crippen LogP contribution < -0.4 is 5.32 Å². The summed E-state index contributed by atoms with van der Waals surface area (Å²) in [5, 5.41) is 9.73. The van der Waals surface area contributed by atoms with Crippen molar-refractivity contribution in [3.63, 3.8) is 0 Å². The van der Waals surface area contributed by atoms with Crippen molar-refractivity contribution in [1.29, 1.82) is 0 Å². The van der Waals surface area contributed by atoms with Gasteiger partial charge in [-0.25, -0.2) is 8.42 Å². The number of hydrogen-bond donors (Lipinski definition) is 1. The Balaban J connectivity index is 1.99. The van der Waals surface area contributed by atoms with Gasteiger partial charge in [-0.05, 0) is 18.8 Å². The highest BCUT2D eigenvalue weighted by Crippen LogP contribution is 2.23. The van der Waals surface area contributed by atoms with Crippen LogP contribution in [0.3, 0.4) is 0 Å². The van der Waals surface area contributed by atoms with Crippen LogP contribution in [0.1, 0.15) is 32.6 Å². The summed E-state index contributed by atoms with van der Waals surface area (Å²) >= 11 is 0. The molecule has 20 heavy (non-hydrogen) atoms. The third kappa shape index (κ3) is 3.36. The Bertz CT molecular complexity index is 581. The molecule has 0 aromatic carbocycles. The van der Waals surface area contributed by atoms with Crippen LogP contribution in [-0.4, -0.2) is 40.9 Å². The molecule has 112 valence electrons. The smallest absolute Gasteiger partial charge is 0.249 e. The number of aromatic nitrogens is 3. The Kier molecular flexibility index (Phi) is 4.42. The average molecular weight is 300 g/mol. The fraction of sp³-hybridized carbons (Fsp3) is 0.750. The number of amides is 1. The van der Waals surface area contributed by atoms with E-state index in [2.05, 4.69) is 22.4 Å². The second kappa shape index (κ2) is 5.90. The van der Waals surface area contributed by atoms with E-state index in [1.807, 2.05) is 0 Å². The Morgan fingerprint density at radius 1 is 1.45 bits per heavy atom. The van der Waals surface area contributed by atoms with Crippen LogP contribution in [0.25, 0.3) is 0 Å². The van der Waals surface area contributed by atoms with Crippen LogP contribution in [0.2, 0.25) is 0 Å². The molecule has 1 heterocycles. The molecule has 0 saturated heterocycles. The van der Waals surface area contributed by atoms with Gasteiger partial charge in [0.05, 0.1) is 0 Å². The van der Waals surface area contributed by atoms with Crippen LogP contribution in [0.5, 0.6) is 0 Å². The fourth-order valence-electron chi connectivity index (χ4n) is 2.57. The molecule has 0 aliphatic heterocycles. The van der Waals surface area contributed by atoms with Gasteiger partial charge in [-0.15, -0.1) is 10.2 Å². The first-order valence-electron chi connectivity index (χ1n) is 6.76. The number of sulfone groups is 1. The van der Waals surface area contributed by atoms with Crippen molar-refractivity contribution >= 4 is 15.7 Å². The monoisotopic (exact) mass is 300 g/mol. The summed E-state index contributed by atoms with van der Waals surface area (Å²) in [6.45, 7) is 2.08. The first-order valence-corrected chi connectivity index (χ1v) is 8.41. The lowest BCUT2D eigenvalue weighted by atomic mass is 9.86. The predicted octanol–water partition coefficient (Wildman–Crippen LogP) is 0.284. The standard InChI is InChI=1S/C12H20N4O3S/c1-9-5-3-4-6-10(9)14-11(17)7-20(18,19)12-15-13-8-16(12)2/h8-10H,3-7H2,1-2H3,(H,14,17). The molecule has 1 aliphatic rings. The zero-order valence-corrected chi connectivity index (χ0v) is 12.6. The van der Waals surface area contributed by atoms with E-state index < -0.39 is 21.5 Å². The maximum Gasteiger partial charge on any atom is 0.249 e. The maximum atomic E-state index is 12.1. The van der Waals surface area contributed by atoms with Crippen LogP contribution in [0.15, 0.2) is 11.5 Å². The normalized spacial score (nSPS) is 23.5. The van der Waals surface area contributed by atoms with Crippen molar-refractivity contribution in [2.45, 2.75) is 43.8 Å². The first-order chi connectivity index (χ1) is 9.40. The van der Waals surface area contributed by atoms with Gasteiger partial charge in [0.2, 0.25) is 20.9 Å². The molecule has 1 amide bonds. The van der Waals surface area contributed by atoms with E-state index in [1.54, 1.807) is 0 Å². The van der Waals surface area contributed by atoms with Gasteiger partial charge in [0, 0.05) is 13.1 Å². The molecule has 8 heteroatoms. The molecule has 1 N–H and O–H groups in total. The third-order valence-corrected chi connectivity index (χ3v) is 5.30. The van der Waals surface area contributed by atoms with Gasteiger partial charge in [0.25, 0.3) is 0 Å². The number of rotatable bonds is 4. The predicted molar refractivity (Wildman–Crippen MR) is 72.6 cm³/mol. The fourth-order valence-corrected chi connectivity index (χ4v) is 3.79. The minimum absolute atomic E-state index is 0.0750. The quantitative estimate of drug-likeness (QED) is 0.862. The highest BCUT2D eigenvalue weighted by molar-refractivity contribution is 7.91. The maximum absolute atomic E-state index is 12.1. The Labute approximate surface area is 118 Å². The van der Waals surface area contributed by atoms with Crippen molar-refractivity contribution < 1.29 is 13.2 Å². The lowest BCUT2D eigenvalue weighted by Gasteiger charge is -2.29. The molecule has 0 bridgehead atoms. The second-order valence-corrected chi connectivity index (χ2v) is 7.30. The van der Waals surface area contributed by atoms with Crippen LogP contribution in [0, 0.1) is 5.92 Å². The van der Waals surface area contributed by atoms with Gasteiger partial charge in [-0.1, -0.05) is 19.8 Å². The van der Waals surface area contributed by atoms with E-state index in [0.29, 0.717) is 5.92 Å². The highest BCUT2D eigenvalue weighted by atomic mass is 32.2. The number of nitrogens with zero attached hydrogens (tertiary/aromatic N) is 3. The van der Waals surface area contributed by atoms with Crippen molar-refractivity contribution in [1.82, 2.24) is 20.1 Å². The van der Waals surface area contributed by atoms with Crippen LogP contribution in [0.4, 0.5) is 0 Å². The molecule has 2 atom stereocenters. The van der Waals surface area contributed by atoms with Gasteiger partial charge >= 0.3 is 0 Å². The molecular weight excluding hydrogens is 280 g/mol. The molecule has 0 radical (unpaired) electrons. The third-order valence-electron chi connectivity index (χ3n) is 3.73. The summed E-state index contributed by atoms with van der Waals surface area (Å²) in [6, 6.07) is 0.0750. The zero-order valence-electron chi connectivity index (χ0n) is 11.7. The molecule has 1 aromatic heterocycles. The number of carbonyl (C=O) groups excluding carboxylic acids is 1. The highest BCUT2D eigenvalue weighted by Gasteiger charge is 2.28. The van der Waals surface area contributed by atoms with E-state index in [9.17, 15) is 13.2 Å². The van der Waals surface area contributed by atoms with Gasteiger partial charge < -0.3 is 9.88 Å². The number of aryl methyl sites for hydroxylation is 1.